The van der Waals surface area contributed by atoms with Crippen LogP contribution in [0.1, 0.15) is 21.6 Å². The van der Waals surface area contributed by atoms with Crippen LogP contribution in [0, 0.1) is 6.92 Å². The van der Waals surface area contributed by atoms with Gasteiger partial charge in [0.2, 0.25) is 0 Å². The van der Waals surface area contributed by atoms with Gasteiger partial charge in [-0.3, -0.25) is 4.79 Å². The van der Waals surface area contributed by atoms with Crippen LogP contribution in [0.4, 0.5) is 0 Å². The van der Waals surface area contributed by atoms with Gasteiger partial charge >= 0.3 is 0 Å². The highest BCUT2D eigenvalue weighted by Gasteiger charge is 2.09. The Labute approximate surface area is 104 Å². The summed E-state index contributed by atoms with van der Waals surface area (Å²) in [5.41, 5.74) is 1.96. The Hall–Kier alpha value is -2.43. The third kappa shape index (κ3) is 2.82. The van der Waals surface area contributed by atoms with Gasteiger partial charge < -0.3 is 10.4 Å². The number of aryl methyl sites for hydroxylation is 1. The molecule has 0 aliphatic carbocycles. The maximum absolute atomic E-state index is 11.9. The SMILES string of the molecule is Cc1cc(O)ccc1C(=O)NCc1cccnn1. The van der Waals surface area contributed by atoms with E-state index in [0.717, 1.165) is 5.56 Å². The van der Waals surface area contributed by atoms with E-state index in [4.69, 9.17) is 0 Å². The summed E-state index contributed by atoms with van der Waals surface area (Å²) < 4.78 is 0. The summed E-state index contributed by atoms with van der Waals surface area (Å²) in [6.07, 6.45) is 1.58. The molecule has 2 rings (SSSR count). The van der Waals surface area contributed by atoms with Crippen LogP contribution in [0.3, 0.4) is 0 Å². The van der Waals surface area contributed by atoms with Crippen LogP contribution in [0.15, 0.2) is 36.5 Å². The first-order valence-electron chi connectivity index (χ1n) is 5.51. The molecule has 0 unspecified atom stereocenters. The highest BCUT2D eigenvalue weighted by molar-refractivity contribution is 5.95. The number of nitrogens with one attached hydrogen (secondary N) is 1. The lowest BCUT2D eigenvalue weighted by Gasteiger charge is -2.07. The molecule has 2 N–H and O–H groups in total. The standard InChI is InChI=1S/C13H13N3O2/c1-9-7-11(17)4-5-12(9)13(18)14-8-10-3-2-6-15-16-10/h2-7,17H,8H2,1H3,(H,14,18). The van der Waals surface area contributed by atoms with E-state index in [9.17, 15) is 9.90 Å². The monoisotopic (exact) mass is 243 g/mol. The van der Waals surface area contributed by atoms with Crippen molar-refractivity contribution < 1.29 is 9.90 Å². The number of phenols is 1. The van der Waals surface area contributed by atoms with Gasteiger partial charge in [-0.15, -0.1) is 0 Å². The van der Waals surface area contributed by atoms with Crippen molar-refractivity contribution in [2.75, 3.05) is 0 Å². The zero-order valence-electron chi connectivity index (χ0n) is 9.92. The third-order valence-electron chi connectivity index (χ3n) is 2.51. The van der Waals surface area contributed by atoms with Gasteiger partial charge in [0.1, 0.15) is 5.75 Å². The molecule has 5 nitrogen and oxygen atoms in total. The zero-order valence-corrected chi connectivity index (χ0v) is 9.92. The maximum Gasteiger partial charge on any atom is 0.251 e. The molecule has 0 aliphatic heterocycles. The summed E-state index contributed by atoms with van der Waals surface area (Å²) in [5, 5.41) is 19.6. The highest BCUT2D eigenvalue weighted by Crippen LogP contribution is 2.15. The summed E-state index contributed by atoms with van der Waals surface area (Å²) in [4.78, 5) is 11.9. The first-order valence-corrected chi connectivity index (χ1v) is 5.51. The van der Waals surface area contributed by atoms with Crippen molar-refractivity contribution in [3.05, 3.63) is 53.3 Å². The normalized spacial score (nSPS) is 10.1. The molecule has 0 fully saturated rings. The summed E-state index contributed by atoms with van der Waals surface area (Å²) >= 11 is 0. The topological polar surface area (TPSA) is 75.1 Å². The van der Waals surface area contributed by atoms with Gasteiger partial charge in [0.15, 0.2) is 0 Å². The zero-order chi connectivity index (χ0) is 13.0. The van der Waals surface area contributed by atoms with Gasteiger partial charge in [0.05, 0.1) is 12.2 Å². The number of amides is 1. The fourth-order valence-electron chi connectivity index (χ4n) is 1.60. The van der Waals surface area contributed by atoms with Crippen molar-refractivity contribution in [3.63, 3.8) is 0 Å². The number of aromatic nitrogens is 2. The van der Waals surface area contributed by atoms with Crippen molar-refractivity contribution in [3.8, 4) is 5.75 Å². The largest absolute Gasteiger partial charge is 0.508 e. The summed E-state index contributed by atoms with van der Waals surface area (Å²) in [7, 11) is 0. The number of aromatic hydroxyl groups is 1. The van der Waals surface area contributed by atoms with Gasteiger partial charge in [-0.1, -0.05) is 0 Å². The van der Waals surface area contributed by atoms with E-state index in [2.05, 4.69) is 15.5 Å². The van der Waals surface area contributed by atoms with Crippen molar-refractivity contribution in [1.29, 1.82) is 0 Å². The second kappa shape index (κ2) is 5.27. The van der Waals surface area contributed by atoms with E-state index < -0.39 is 0 Å². The van der Waals surface area contributed by atoms with Gasteiger partial charge in [0, 0.05) is 11.8 Å². The van der Waals surface area contributed by atoms with Crippen LogP contribution in [0.5, 0.6) is 5.75 Å². The average molecular weight is 243 g/mol. The molecule has 1 amide bonds. The highest BCUT2D eigenvalue weighted by atomic mass is 16.3. The molecule has 0 bridgehead atoms. The fraction of sp³-hybridized carbons (Fsp3) is 0.154. The summed E-state index contributed by atoms with van der Waals surface area (Å²) in [6, 6.07) is 8.19. The number of hydrogen-bond acceptors (Lipinski definition) is 4. The Kier molecular flexibility index (Phi) is 3.52. The Morgan fingerprint density at radius 3 is 2.89 bits per heavy atom. The third-order valence-corrected chi connectivity index (χ3v) is 2.51. The number of carbonyl (C=O) groups excluding carboxylic acids is 1. The quantitative estimate of drug-likeness (QED) is 0.855. The molecule has 2 aromatic rings. The fourth-order valence-corrected chi connectivity index (χ4v) is 1.60. The van der Waals surface area contributed by atoms with Gasteiger partial charge in [-0.2, -0.15) is 10.2 Å². The van der Waals surface area contributed by atoms with Crippen LogP contribution in [-0.2, 0) is 6.54 Å². The average Bonchev–Trinajstić information content (AvgIpc) is 2.37. The lowest BCUT2D eigenvalue weighted by atomic mass is 10.1. The van der Waals surface area contributed by atoms with Crippen molar-refractivity contribution in [1.82, 2.24) is 15.5 Å². The molecule has 0 saturated heterocycles. The maximum atomic E-state index is 11.9. The van der Waals surface area contributed by atoms with Gasteiger partial charge in [-0.05, 0) is 42.8 Å². The van der Waals surface area contributed by atoms with E-state index >= 15 is 0 Å². The Bertz CT molecular complexity index is 555. The second-order valence-electron chi connectivity index (χ2n) is 3.90. The van der Waals surface area contributed by atoms with E-state index in [1.807, 2.05) is 0 Å². The van der Waals surface area contributed by atoms with E-state index in [1.54, 1.807) is 37.4 Å². The molecule has 1 aromatic carbocycles. The van der Waals surface area contributed by atoms with Crippen LogP contribution in [0.25, 0.3) is 0 Å². The Morgan fingerprint density at radius 1 is 1.39 bits per heavy atom. The number of carbonyl (C=O) groups is 1. The lowest BCUT2D eigenvalue weighted by molar-refractivity contribution is 0.0949. The minimum absolute atomic E-state index is 0.151. The lowest BCUT2D eigenvalue weighted by Crippen LogP contribution is -2.24. The van der Waals surface area contributed by atoms with E-state index in [0.29, 0.717) is 17.8 Å². The molecule has 1 heterocycles. The molecule has 0 saturated carbocycles. The number of phenolic OH excluding ortho intramolecular Hbond substituents is 1. The molecule has 1 aromatic heterocycles. The molecular weight excluding hydrogens is 230 g/mol. The van der Waals surface area contributed by atoms with Crippen molar-refractivity contribution in [2.45, 2.75) is 13.5 Å². The Balaban J connectivity index is 2.04. The van der Waals surface area contributed by atoms with E-state index in [1.165, 1.54) is 6.07 Å². The number of nitrogens with zero attached hydrogens (tertiary/aromatic N) is 2. The number of rotatable bonds is 3. The first-order chi connectivity index (χ1) is 8.66. The van der Waals surface area contributed by atoms with E-state index in [-0.39, 0.29) is 11.7 Å². The molecule has 18 heavy (non-hydrogen) atoms. The molecule has 0 spiro atoms. The minimum Gasteiger partial charge on any atom is -0.508 e. The smallest absolute Gasteiger partial charge is 0.251 e. The Morgan fingerprint density at radius 2 is 2.22 bits per heavy atom. The second-order valence-corrected chi connectivity index (χ2v) is 3.90. The molecule has 5 heteroatoms. The molecule has 0 atom stereocenters. The minimum atomic E-state index is -0.196. The predicted molar refractivity (Wildman–Crippen MR) is 66.0 cm³/mol. The molecule has 0 radical (unpaired) electrons. The molecule has 92 valence electrons. The molecule has 0 aliphatic rings. The van der Waals surface area contributed by atoms with Crippen LogP contribution in [0.2, 0.25) is 0 Å². The molecular formula is C13H13N3O2. The number of benzene rings is 1. The summed E-state index contributed by atoms with van der Waals surface area (Å²) in [5.74, 6) is -0.0453. The van der Waals surface area contributed by atoms with Crippen LogP contribution in [-0.4, -0.2) is 21.2 Å². The number of hydrogen-bond donors (Lipinski definition) is 2. The predicted octanol–water partition coefficient (Wildman–Crippen LogP) is 1.42. The van der Waals surface area contributed by atoms with Crippen molar-refractivity contribution in [2.24, 2.45) is 0 Å². The van der Waals surface area contributed by atoms with Gasteiger partial charge in [0.25, 0.3) is 5.91 Å². The van der Waals surface area contributed by atoms with Crippen molar-refractivity contribution >= 4 is 5.91 Å². The van der Waals surface area contributed by atoms with Gasteiger partial charge in [-0.25, -0.2) is 0 Å². The van der Waals surface area contributed by atoms with Crippen LogP contribution < -0.4 is 5.32 Å². The first kappa shape index (κ1) is 12.0. The van der Waals surface area contributed by atoms with Crippen LogP contribution >= 0.6 is 0 Å². The summed E-state index contributed by atoms with van der Waals surface area (Å²) in [6.45, 7) is 2.10.